The van der Waals surface area contributed by atoms with E-state index in [9.17, 15) is 17.6 Å². The summed E-state index contributed by atoms with van der Waals surface area (Å²) < 4.78 is 54.3. The zero-order valence-electron chi connectivity index (χ0n) is 14.3. The highest BCUT2D eigenvalue weighted by Gasteiger charge is 2.31. The van der Waals surface area contributed by atoms with Crippen molar-refractivity contribution in [1.82, 2.24) is 9.97 Å². The molecule has 0 saturated carbocycles. The molecule has 0 bridgehead atoms. The standard InChI is InChI=1S/C20H13F4N3O/c1-12-18-19(26-11-25-18)17(13-2-4-14(21)5-3-13)10-27(12)15-6-8-16(9-7-15)28-20(22,23)24/h2-11H,1H2,(H,25,26). The van der Waals surface area contributed by atoms with Crippen molar-refractivity contribution in [2.45, 2.75) is 6.36 Å². The number of nitrogens with zero attached hydrogens (tertiary/aromatic N) is 2. The molecule has 1 aliphatic heterocycles. The Morgan fingerprint density at radius 2 is 1.68 bits per heavy atom. The van der Waals surface area contributed by atoms with E-state index >= 15 is 0 Å². The maximum absolute atomic E-state index is 13.3. The number of nitrogens with one attached hydrogen (secondary N) is 1. The van der Waals surface area contributed by atoms with Crippen LogP contribution in [-0.4, -0.2) is 16.3 Å². The second kappa shape index (κ2) is 6.56. The van der Waals surface area contributed by atoms with Crippen LogP contribution in [0.2, 0.25) is 0 Å². The molecule has 0 amide bonds. The number of halogens is 4. The molecule has 4 rings (SSSR count). The number of H-pyrrole nitrogens is 1. The predicted octanol–water partition coefficient (Wildman–Crippen LogP) is 5.33. The number of hydrogen-bond acceptors (Lipinski definition) is 3. The Bertz CT molecular complexity index is 1050. The number of ether oxygens (including phenoxy) is 1. The SMILES string of the molecule is C=C1c2[nH]cnc2C(c2ccc(F)cc2)=CN1c1ccc(OC(F)(F)F)cc1. The summed E-state index contributed by atoms with van der Waals surface area (Å²) in [7, 11) is 0. The Morgan fingerprint density at radius 3 is 2.32 bits per heavy atom. The monoisotopic (exact) mass is 387 g/mol. The van der Waals surface area contributed by atoms with Gasteiger partial charge in [-0.1, -0.05) is 18.7 Å². The molecular weight excluding hydrogens is 374 g/mol. The van der Waals surface area contributed by atoms with Crippen molar-refractivity contribution in [3.05, 3.63) is 90.4 Å². The molecule has 0 spiro atoms. The van der Waals surface area contributed by atoms with E-state index in [2.05, 4.69) is 21.3 Å². The number of benzene rings is 2. The summed E-state index contributed by atoms with van der Waals surface area (Å²) >= 11 is 0. The van der Waals surface area contributed by atoms with Gasteiger partial charge in [-0.15, -0.1) is 13.2 Å². The number of aromatic nitrogens is 2. The van der Waals surface area contributed by atoms with Gasteiger partial charge in [0.05, 0.1) is 23.4 Å². The van der Waals surface area contributed by atoms with Crippen LogP contribution in [0.15, 0.2) is 67.6 Å². The number of anilines is 1. The average molecular weight is 387 g/mol. The minimum absolute atomic E-state index is 0.316. The van der Waals surface area contributed by atoms with Crippen molar-refractivity contribution in [2.24, 2.45) is 0 Å². The number of aromatic amines is 1. The van der Waals surface area contributed by atoms with Crippen molar-refractivity contribution < 1.29 is 22.3 Å². The molecule has 3 aromatic rings. The summed E-state index contributed by atoms with van der Waals surface area (Å²) in [5.74, 6) is -0.673. The first-order valence-corrected chi connectivity index (χ1v) is 8.18. The van der Waals surface area contributed by atoms with Crippen LogP contribution in [0, 0.1) is 5.82 Å². The van der Waals surface area contributed by atoms with Crippen molar-refractivity contribution in [2.75, 3.05) is 4.90 Å². The van der Waals surface area contributed by atoms with Gasteiger partial charge in [0.25, 0.3) is 0 Å². The molecule has 1 aromatic heterocycles. The summed E-state index contributed by atoms with van der Waals surface area (Å²) in [6.45, 7) is 4.05. The van der Waals surface area contributed by atoms with Crippen LogP contribution >= 0.6 is 0 Å². The lowest BCUT2D eigenvalue weighted by Crippen LogP contribution is -2.20. The summed E-state index contributed by atoms with van der Waals surface area (Å²) in [6, 6.07) is 11.4. The molecule has 4 nitrogen and oxygen atoms in total. The first-order valence-electron chi connectivity index (χ1n) is 8.18. The molecule has 2 heterocycles. The fourth-order valence-electron chi connectivity index (χ4n) is 2.99. The molecule has 0 saturated heterocycles. The van der Waals surface area contributed by atoms with E-state index < -0.39 is 6.36 Å². The van der Waals surface area contributed by atoms with Crippen LogP contribution < -0.4 is 9.64 Å². The van der Waals surface area contributed by atoms with Gasteiger partial charge in [-0.2, -0.15) is 0 Å². The Hall–Kier alpha value is -3.55. The summed E-state index contributed by atoms with van der Waals surface area (Å²) in [4.78, 5) is 9.06. The molecule has 1 aliphatic rings. The van der Waals surface area contributed by atoms with Gasteiger partial charge in [-0.25, -0.2) is 9.37 Å². The quantitative estimate of drug-likeness (QED) is 0.618. The Balaban J connectivity index is 1.73. The van der Waals surface area contributed by atoms with E-state index in [0.717, 1.165) is 11.1 Å². The van der Waals surface area contributed by atoms with Gasteiger partial charge in [0.1, 0.15) is 11.6 Å². The Morgan fingerprint density at radius 1 is 1.00 bits per heavy atom. The van der Waals surface area contributed by atoms with Gasteiger partial charge in [0.15, 0.2) is 0 Å². The predicted molar refractivity (Wildman–Crippen MR) is 96.7 cm³/mol. The van der Waals surface area contributed by atoms with E-state index in [1.807, 2.05) is 0 Å². The number of alkyl halides is 3. The van der Waals surface area contributed by atoms with Crippen LogP contribution in [0.1, 0.15) is 17.0 Å². The minimum atomic E-state index is -4.75. The highest BCUT2D eigenvalue weighted by atomic mass is 19.4. The summed E-state index contributed by atoms with van der Waals surface area (Å²) in [5.41, 5.74) is 3.94. The van der Waals surface area contributed by atoms with Crippen LogP contribution in [0.5, 0.6) is 5.75 Å². The number of rotatable bonds is 3. The molecule has 0 radical (unpaired) electrons. The van der Waals surface area contributed by atoms with Crippen molar-refractivity contribution in [3.8, 4) is 5.75 Å². The number of hydrogen-bond donors (Lipinski definition) is 1. The molecule has 2 aromatic carbocycles. The minimum Gasteiger partial charge on any atom is -0.406 e. The zero-order chi connectivity index (χ0) is 19.9. The lowest BCUT2D eigenvalue weighted by atomic mass is 9.98. The smallest absolute Gasteiger partial charge is 0.406 e. The van der Waals surface area contributed by atoms with Gasteiger partial charge in [-0.05, 0) is 42.0 Å². The molecule has 0 aliphatic carbocycles. The Labute approximate surface area is 157 Å². The second-order valence-electron chi connectivity index (χ2n) is 6.03. The lowest BCUT2D eigenvalue weighted by Gasteiger charge is -2.28. The molecule has 1 N–H and O–H groups in total. The highest BCUT2D eigenvalue weighted by Crippen LogP contribution is 2.38. The average Bonchev–Trinajstić information content (AvgIpc) is 3.13. The molecule has 0 atom stereocenters. The van der Waals surface area contributed by atoms with E-state index in [0.29, 0.717) is 22.8 Å². The maximum atomic E-state index is 13.3. The largest absolute Gasteiger partial charge is 0.573 e. The molecule has 28 heavy (non-hydrogen) atoms. The molecular formula is C20H13F4N3O. The molecule has 142 valence electrons. The normalized spacial score (nSPS) is 13.9. The van der Waals surface area contributed by atoms with Gasteiger partial charge in [0.2, 0.25) is 0 Å². The first kappa shape index (κ1) is 17.8. The van der Waals surface area contributed by atoms with Crippen molar-refractivity contribution in [3.63, 3.8) is 0 Å². The van der Waals surface area contributed by atoms with Gasteiger partial charge < -0.3 is 14.6 Å². The summed E-state index contributed by atoms with van der Waals surface area (Å²) in [6.07, 6.45) is -1.47. The lowest BCUT2D eigenvalue weighted by molar-refractivity contribution is -0.274. The van der Waals surface area contributed by atoms with Crippen LogP contribution in [0.3, 0.4) is 0 Å². The van der Waals surface area contributed by atoms with Crippen LogP contribution in [-0.2, 0) is 0 Å². The number of fused-ring (bicyclic) bond motifs is 1. The molecule has 0 fully saturated rings. The third-order valence-electron chi connectivity index (χ3n) is 4.24. The maximum Gasteiger partial charge on any atom is 0.573 e. The molecule has 8 heteroatoms. The first-order chi connectivity index (χ1) is 13.3. The van der Waals surface area contributed by atoms with E-state index in [4.69, 9.17) is 0 Å². The second-order valence-corrected chi connectivity index (χ2v) is 6.03. The van der Waals surface area contributed by atoms with Gasteiger partial charge >= 0.3 is 6.36 Å². The fraction of sp³-hybridized carbons (Fsp3) is 0.0500. The number of imidazole rings is 1. The fourth-order valence-corrected chi connectivity index (χ4v) is 2.99. The van der Waals surface area contributed by atoms with Gasteiger partial charge in [0, 0.05) is 17.5 Å². The summed E-state index contributed by atoms with van der Waals surface area (Å²) in [5, 5.41) is 0. The van der Waals surface area contributed by atoms with E-state index in [-0.39, 0.29) is 11.6 Å². The third-order valence-corrected chi connectivity index (χ3v) is 4.24. The third kappa shape index (κ3) is 3.36. The zero-order valence-corrected chi connectivity index (χ0v) is 14.3. The van der Waals surface area contributed by atoms with E-state index in [1.54, 1.807) is 23.2 Å². The van der Waals surface area contributed by atoms with Gasteiger partial charge in [-0.3, -0.25) is 0 Å². The van der Waals surface area contributed by atoms with Crippen LogP contribution in [0.25, 0.3) is 11.3 Å². The Kier molecular flexibility index (Phi) is 4.18. The van der Waals surface area contributed by atoms with E-state index in [1.165, 1.54) is 42.7 Å². The van der Waals surface area contributed by atoms with Crippen LogP contribution in [0.4, 0.5) is 23.2 Å². The highest BCUT2D eigenvalue weighted by molar-refractivity contribution is 5.94. The van der Waals surface area contributed by atoms with Crippen molar-refractivity contribution in [1.29, 1.82) is 0 Å². The van der Waals surface area contributed by atoms with Crippen molar-refractivity contribution >= 4 is 17.0 Å². The molecule has 0 unspecified atom stereocenters. The topological polar surface area (TPSA) is 41.2 Å².